The molecular formula is C21H26N2O2. The maximum absolute atomic E-state index is 12.7. The van der Waals surface area contributed by atoms with Gasteiger partial charge in [0.25, 0.3) is 5.91 Å². The predicted octanol–water partition coefficient (Wildman–Crippen LogP) is 3.95. The van der Waals surface area contributed by atoms with E-state index in [1.807, 2.05) is 63.2 Å². The van der Waals surface area contributed by atoms with Gasteiger partial charge in [0.05, 0.1) is 0 Å². The Bertz CT molecular complexity index is 753. The fraction of sp³-hybridized carbons (Fsp3) is 0.333. The van der Waals surface area contributed by atoms with E-state index < -0.39 is 6.04 Å². The zero-order valence-corrected chi connectivity index (χ0v) is 15.3. The number of amides is 2. The Hall–Kier alpha value is -2.62. The highest BCUT2D eigenvalue weighted by molar-refractivity contribution is 6.01. The van der Waals surface area contributed by atoms with Crippen LogP contribution in [0.3, 0.4) is 0 Å². The lowest BCUT2D eigenvalue weighted by Crippen LogP contribution is -2.47. The maximum Gasteiger partial charge on any atom is 0.252 e. The summed E-state index contributed by atoms with van der Waals surface area (Å²) in [5.74, 6) is -0.457. The molecule has 0 spiro atoms. The molecule has 2 aromatic carbocycles. The fourth-order valence-electron chi connectivity index (χ4n) is 2.67. The van der Waals surface area contributed by atoms with E-state index in [0.29, 0.717) is 5.56 Å². The van der Waals surface area contributed by atoms with E-state index in [2.05, 4.69) is 17.6 Å². The summed E-state index contributed by atoms with van der Waals surface area (Å²) < 4.78 is 0. The third-order valence-electron chi connectivity index (χ3n) is 4.23. The highest BCUT2D eigenvalue weighted by Gasteiger charge is 2.25. The molecule has 0 aliphatic heterocycles. The Morgan fingerprint density at radius 2 is 1.76 bits per heavy atom. The quantitative estimate of drug-likeness (QED) is 0.838. The van der Waals surface area contributed by atoms with Crippen molar-refractivity contribution < 1.29 is 9.59 Å². The molecule has 0 aromatic heterocycles. The molecule has 2 N–H and O–H groups in total. The molecule has 0 aliphatic rings. The van der Waals surface area contributed by atoms with Gasteiger partial charge in [-0.1, -0.05) is 51.1 Å². The van der Waals surface area contributed by atoms with Gasteiger partial charge in [0.1, 0.15) is 6.04 Å². The largest absolute Gasteiger partial charge is 0.340 e. The van der Waals surface area contributed by atoms with Crippen LogP contribution in [0.25, 0.3) is 0 Å². The Kier molecular flexibility index (Phi) is 6.34. The number of benzene rings is 2. The van der Waals surface area contributed by atoms with Crippen LogP contribution in [-0.2, 0) is 11.2 Å². The van der Waals surface area contributed by atoms with Gasteiger partial charge >= 0.3 is 0 Å². The van der Waals surface area contributed by atoms with Crippen molar-refractivity contribution >= 4 is 17.5 Å². The number of rotatable bonds is 6. The first-order valence-electron chi connectivity index (χ1n) is 8.68. The molecule has 0 saturated carbocycles. The summed E-state index contributed by atoms with van der Waals surface area (Å²) in [6.45, 7) is 7.80. The van der Waals surface area contributed by atoms with Crippen LogP contribution in [0.1, 0.15) is 42.3 Å². The lowest BCUT2D eigenvalue weighted by molar-refractivity contribution is -0.118. The average molecular weight is 338 g/mol. The van der Waals surface area contributed by atoms with E-state index >= 15 is 0 Å². The topological polar surface area (TPSA) is 58.2 Å². The standard InChI is InChI=1S/C21H26N2O2/c1-5-16-10-8-11-17(13-16)22-21(25)19(14(2)3)23-20(24)18-12-7-6-9-15(18)4/h6-14,19H,5H2,1-4H3,(H,22,25)(H,23,24). The van der Waals surface area contributed by atoms with Gasteiger partial charge in [-0.3, -0.25) is 9.59 Å². The first-order valence-corrected chi connectivity index (χ1v) is 8.68. The molecule has 2 rings (SSSR count). The van der Waals surface area contributed by atoms with Gasteiger partial charge in [-0.25, -0.2) is 0 Å². The zero-order valence-electron chi connectivity index (χ0n) is 15.3. The molecule has 0 heterocycles. The lowest BCUT2D eigenvalue weighted by Gasteiger charge is -2.22. The second-order valence-corrected chi connectivity index (χ2v) is 6.55. The van der Waals surface area contributed by atoms with Crippen LogP contribution in [0, 0.1) is 12.8 Å². The van der Waals surface area contributed by atoms with Crippen molar-refractivity contribution in [1.29, 1.82) is 0 Å². The van der Waals surface area contributed by atoms with E-state index in [-0.39, 0.29) is 17.7 Å². The molecular weight excluding hydrogens is 312 g/mol. The van der Waals surface area contributed by atoms with Gasteiger partial charge in [0.15, 0.2) is 0 Å². The summed E-state index contributed by atoms with van der Waals surface area (Å²) >= 11 is 0. The molecule has 2 amide bonds. The predicted molar refractivity (Wildman–Crippen MR) is 102 cm³/mol. The van der Waals surface area contributed by atoms with Crippen LogP contribution in [0.15, 0.2) is 48.5 Å². The molecule has 25 heavy (non-hydrogen) atoms. The molecule has 132 valence electrons. The van der Waals surface area contributed by atoms with Crippen molar-refractivity contribution in [3.63, 3.8) is 0 Å². The summed E-state index contributed by atoms with van der Waals surface area (Å²) in [5.41, 5.74) is 3.38. The minimum absolute atomic E-state index is 0.0256. The SMILES string of the molecule is CCc1cccc(NC(=O)C(NC(=O)c2ccccc2C)C(C)C)c1. The summed E-state index contributed by atoms with van der Waals surface area (Å²) in [7, 11) is 0. The van der Waals surface area contributed by atoms with Gasteiger partial charge in [-0.05, 0) is 48.6 Å². The zero-order chi connectivity index (χ0) is 18.4. The fourth-order valence-corrected chi connectivity index (χ4v) is 2.67. The van der Waals surface area contributed by atoms with Crippen molar-refractivity contribution in [2.24, 2.45) is 5.92 Å². The second-order valence-electron chi connectivity index (χ2n) is 6.55. The van der Waals surface area contributed by atoms with Crippen molar-refractivity contribution in [1.82, 2.24) is 5.32 Å². The normalized spacial score (nSPS) is 11.9. The van der Waals surface area contributed by atoms with Gasteiger partial charge in [-0.2, -0.15) is 0 Å². The van der Waals surface area contributed by atoms with Crippen LogP contribution < -0.4 is 10.6 Å². The summed E-state index contributed by atoms with van der Waals surface area (Å²) in [5, 5.41) is 5.79. The molecule has 4 nitrogen and oxygen atoms in total. The number of hydrogen-bond donors (Lipinski definition) is 2. The number of anilines is 1. The molecule has 1 unspecified atom stereocenters. The number of nitrogens with one attached hydrogen (secondary N) is 2. The van der Waals surface area contributed by atoms with Crippen LogP contribution in [0.2, 0.25) is 0 Å². The third kappa shape index (κ3) is 4.92. The van der Waals surface area contributed by atoms with Crippen molar-refractivity contribution in [2.45, 2.75) is 40.2 Å². The number of carbonyl (C=O) groups excluding carboxylic acids is 2. The van der Waals surface area contributed by atoms with Crippen LogP contribution in [0.5, 0.6) is 0 Å². The highest BCUT2D eigenvalue weighted by atomic mass is 16.2. The maximum atomic E-state index is 12.7. The number of carbonyl (C=O) groups is 2. The van der Waals surface area contributed by atoms with Crippen LogP contribution in [0.4, 0.5) is 5.69 Å². The molecule has 0 aliphatic carbocycles. The molecule has 0 saturated heterocycles. The Morgan fingerprint density at radius 3 is 2.40 bits per heavy atom. The highest BCUT2D eigenvalue weighted by Crippen LogP contribution is 2.14. The average Bonchev–Trinajstić information content (AvgIpc) is 2.59. The molecule has 4 heteroatoms. The van der Waals surface area contributed by atoms with E-state index in [1.54, 1.807) is 6.07 Å². The Labute approximate surface area is 149 Å². The van der Waals surface area contributed by atoms with Gasteiger partial charge < -0.3 is 10.6 Å². The minimum Gasteiger partial charge on any atom is -0.340 e. The monoisotopic (exact) mass is 338 g/mol. The van der Waals surface area contributed by atoms with Crippen molar-refractivity contribution in [3.8, 4) is 0 Å². The first-order chi connectivity index (χ1) is 11.9. The van der Waals surface area contributed by atoms with Crippen molar-refractivity contribution in [2.75, 3.05) is 5.32 Å². The van der Waals surface area contributed by atoms with Gasteiger partial charge in [-0.15, -0.1) is 0 Å². The van der Waals surface area contributed by atoms with Crippen LogP contribution >= 0.6 is 0 Å². The molecule has 0 radical (unpaired) electrons. The molecule has 1 atom stereocenters. The molecule has 0 fully saturated rings. The molecule has 0 bridgehead atoms. The van der Waals surface area contributed by atoms with Gasteiger partial charge in [0, 0.05) is 11.3 Å². The summed E-state index contributed by atoms with van der Waals surface area (Å²) in [6.07, 6.45) is 0.904. The third-order valence-corrected chi connectivity index (χ3v) is 4.23. The Balaban J connectivity index is 2.13. The second kappa shape index (κ2) is 8.47. The van der Waals surface area contributed by atoms with E-state index in [4.69, 9.17) is 0 Å². The van der Waals surface area contributed by atoms with Gasteiger partial charge in [0.2, 0.25) is 5.91 Å². The number of hydrogen-bond acceptors (Lipinski definition) is 2. The van der Waals surface area contributed by atoms with Crippen molar-refractivity contribution in [3.05, 3.63) is 65.2 Å². The first kappa shape index (κ1) is 18.7. The van der Waals surface area contributed by atoms with E-state index in [9.17, 15) is 9.59 Å². The molecule has 2 aromatic rings. The van der Waals surface area contributed by atoms with E-state index in [1.165, 1.54) is 0 Å². The minimum atomic E-state index is -0.600. The lowest BCUT2D eigenvalue weighted by atomic mass is 10.0. The summed E-state index contributed by atoms with van der Waals surface area (Å²) in [4.78, 5) is 25.2. The van der Waals surface area contributed by atoms with Crippen LogP contribution in [-0.4, -0.2) is 17.9 Å². The summed E-state index contributed by atoms with van der Waals surface area (Å²) in [6, 6.07) is 14.5. The Morgan fingerprint density at radius 1 is 1.04 bits per heavy atom. The smallest absolute Gasteiger partial charge is 0.252 e. The number of aryl methyl sites for hydroxylation is 2. The van der Waals surface area contributed by atoms with E-state index in [0.717, 1.165) is 23.2 Å².